The minimum absolute atomic E-state index is 0.144. The summed E-state index contributed by atoms with van der Waals surface area (Å²) >= 11 is 5.91. The highest BCUT2D eigenvalue weighted by Gasteiger charge is 2.15. The standard InChI is InChI=1S/C15H24ClN3O/c1-10(2)5-14(19(3)4)9-18-15(20)11-6-12(16)8-13(17)7-11/h6-8,10,14H,5,9,17H2,1-4H3,(H,18,20). The zero-order valence-electron chi connectivity index (χ0n) is 12.6. The zero-order chi connectivity index (χ0) is 15.3. The number of nitrogens with zero attached hydrogens (tertiary/aromatic N) is 1. The SMILES string of the molecule is CC(C)CC(CNC(=O)c1cc(N)cc(Cl)c1)N(C)C. The summed E-state index contributed by atoms with van der Waals surface area (Å²) in [6.07, 6.45) is 1.03. The van der Waals surface area contributed by atoms with Gasteiger partial charge in [0.25, 0.3) is 5.91 Å². The first-order valence-corrected chi connectivity index (χ1v) is 7.18. The maximum atomic E-state index is 12.1. The van der Waals surface area contributed by atoms with Crippen molar-refractivity contribution in [1.82, 2.24) is 10.2 Å². The van der Waals surface area contributed by atoms with E-state index < -0.39 is 0 Å². The third-order valence-electron chi connectivity index (χ3n) is 3.15. The average molecular weight is 298 g/mol. The van der Waals surface area contributed by atoms with Crippen LogP contribution in [-0.4, -0.2) is 37.5 Å². The van der Waals surface area contributed by atoms with Crippen LogP contribution in [0.1, 0.15) is 30.6 Å². The number of carbonyl (C=O) groups is 1. The highest BCUT2D eigenvalue weighted by atomic mass is 35.5. The second-order valence-corrected chi connectivity index (χ2v) is 6.17. The highest BCUT2D eigenvalue weighted by Crippen LogP contribution is 2.16. The van der Waals surface area contributed by atoms with Crippen molar-refractivity contribution >= 4 is 23.2 Å². The lowest BCUT2D eigenvalue weighted by molar-refractivity contribution is 0.0938. The van der Waals surface area contributed by atoms with E-state index in [9.17, 15) is 4.79 Å². The molecule has 0 fully saturated rings. The molecule has 4 nitrogen and oxygen atoms in total. The maximum absolute atomic E-state index is 12.1. The van der Waals surface area contributed by atoms with Gasteiger partial charge in [-0.1, -0.05) is 25.4 Å². The molecule has 0 saturated heterocycles. The fraction of sp³-hybridized carbons (Fsp3) is 0.533. The van der Waals surface area contributed by atoms with E-state index in [2.05, 4.69) is 24.1 Å². The molecule has 0 saturated carbocycles. The topological polar surface area (TPSA) is 58.4 Å². The van der Waals surface area contributed by atoms with Gasteiger partial charge in [-0.2, -0.15) is 0 Å². The molecule has 0 aromatic heterocycles. The number of nitrogens with one attached hydrogen (secondary N) is 1. The normalized spacial score (nSPS) is 12.8. The van der Waals surface area contributed by atoms with Gasteiger partial charge in [-0.25, -0.2) is 0 Å². The summed E-state index contributed by atoms with van der Waals surface area (Å²) in [6.45, 7) is 4.96. The van der Waals surface area contributed by atoms with Crippen molar-refractivity contribution in [3.63, 3.8) is 0 Å². The van der Waals surface area contributed by atoms with Gasteiger partial charge in [-0.15, -0.1) is 0 Å². The van der Waals surface area contributed by atoms with E-state index in [1.807, 2.05) is 14.1 Å². The van der Waals surface area contributed by atoms with Gasteiger partial charge in [0.1, 0.15) is 0 Å². The summed E-state index contributed by atoms with van der Waals surface area (Å²) in [6, 6.07) is 5.20. The number of nitrogens with two attached hydrogens (primary N) is 1. The molecule has 112 valence electrons. The molecular weight excluding hydrogens is 274 g/mol. The summed E-state index contributed by atoms with van der Waals surface area (Å²) in [4.78, 5) is 14.2. The van der Waals surface area contributed by atoms with Crippen molar-refractivity contribution in [3.8, 4) is 0 Å². The fourth-order valence-corrected chi connectivity index (χ4v) is 2.32. The van der Waals surface area contributed by atoms with Gasteiger partial charge in [-0.05, 0) is 44.6 Å². The van der Waals surface area contributed by atoms with Crippen LogP contribution in [-0.2, 0) is 0 Å². The van der Waals surface area contributed by atoms with Crippen LogP contribution in [0.15, 0.2) is 18.2 Å². The highest BCUT2D eigenvalue weighted by molar-refractivity contribution is 6.31. The number of likely N-dealkylation sites (N-methyl/N-ethyl adjacent to an activating group) is 1. The summed E-state index contributed by atoms with van der Waals surface area (Å²) < 4.78 is 0. The Morgan fingerprint density at radius 1 is 1.35 bits per heavy atom. The van der Waals surface area contributed by atoms with Gasteiger partial charge >= 0.3 is 0 Å². The fourth-order valence-electron chi connectivity index (χ4n) is 2.08. The molecule has 1 atom stereocenters. The van der Waals surface area contributed by atoms with E-state index in [1.165, 1.54) is 0 Å². The number of halogens is 1. The van der Waals surface area contributed by atoms with Gasteiger partial charge in [0.2, 0.25) is 0 Å². The second-order valence-electron chi connectivity index (χ2n) is 5.73. The van der Waals surface area contributed by atoms with Gasteiger partial charge in [0, 0.05) is 28.9 Å². The summed E-state index contributed by atoms with van der Waals surface area (Å²) in [5.41, 5.74) is 6.69. The zero-order valence-corrected chi connectivity index (χ0v) is 13.4. The van der Waals surface area contributed by atoms with Crippen molar-refractivity contribution < 1.29 is 4.79 Å². The molecule has 1 amide bonds. The summed E-state index contributed by atoms with van der Waals surface area (Å²) in [5.74, 6) is 0.441. The first-order chi connectivity index (χ1) is 9.29. The largest absolute Gasteiger partial charge is 0.399 e. The lowest BCUT2D eigenvalue weighted by atomic mass is 10.0. The van der Waals surface area contributed by atoms with E-state index in [-0.39, 0.29) is 5.91 Å². The van der Waals surface area contributed by atoms with Gasteiger partial charge in [-0.3, -0.25) is 4.79 Å². The number of nitrogen functional groups attached to an aromatic ring is 1. The quantitative estimate of drug-likeness (QED) is 0.794. The lowest BCUT2D eigenvalue weighted by Crippen LogP contribution is -2.41. The first-order valence-electron chi connectivity index (χ1n) is 6.80. The Morgan fingerprint density at radius 2 is 2.00 bits per heavy atom. The van der Waals surface area contributed by atoms with Gasteiger partial charge in [0.05, 0.1) is 0 Å². The Labute approximate surface area is 126 Å². The molecule has 0 spiro atoms. The Hall–Kier alpha value is -1.26. The third-order valence-corrected chi connectivity index (χ3v) is 3.37. The number of amides is 1. The maximum Gasteiger partial charge on any atom is 0.251 e. The number of hydrogen-bond acceptors (Lipinski definition) is 3. The Balaban J connectivity index is 2.65. The van der Waals surface area contributed by atoms with Crippen LogP contribution >= 0.6 is 11.6 Å². The molecule has 0 radical (unpaired) electrons. The number of anilines is 1. The van der Waals surface area contributed by atoms with Crippen LogP contribution in [0.4, 0.5) is 5.69 Å². The Kier molecular flexibility index (Phi) is 6.30. The monoisotopic (exact) mass is 297 g/mol. The molecule has 20 heavy (non-hydrogen) atoms. The predicted molar refractivity (Wildman–Crippen MR) is 85.1 cm³/mol. The van der Waals surface area contributed by atoms with E-state index in [4.69, 9.17) is 17.3 Å². The van der Waals surface area contributed by atoms with Crippen LogP contribution in [0.25, 0.3) is 0 Å². The van der Waals surface area contributed by atoms with E-state index in [0.717, 1.165) is 6.42 Å². The number of rotatable bonds is 6. The molecule has 5 heteroatoms. The minimum Gasteiger partial charge on any atom is -0.399 e. The van der Waals surface area contributed by atoms with Crippen molar-refractivity contribution in [2.24, 2.45) is 5.92 Å². The first kappa shape index (κ1) is 16.8. The van der Waals surface area contributed by atoms with Crippen molar-refractivity contribution in [2.75, 3.05) is 26.4 Å². The molecule has 0 aliphatic heterocycles. The minimum atomic E-state index is -0.144. The Morgan fingerprint density at radius 3 is 2.50 bits per heavy atom. The van der Waals surface area contributed by atoms with Crippen LogP contribution in [0.5, 0.6) is 0 Å². The molecule has 1 rings (SSSR count). The number of benzene rings is 1. The third kappa shape index (κ3) is 5.39. The molecule has 1 aromatic rings. The van der Waals surface area contributed by atoms with Crippen LogP contribution in [0.2, 0.25) is 5.02 Å². The molecule has 3 N–H and O–H groups in total. The summed E-state index contributed by atoms with van der Waals surface area (Å²) in [5, 5.41) is 3.42. The van der Waals surface area contributed by atoms with Crippen LogP contribution in [0, 0.1) is 5.92 Å². The van der Waals surface area contributed by atoms with Crippen molar-refractivity contribution in [1.29, 1.82) is 0 Å². The number of hydrogen-bond donors (Lipinski definition) is 2. The van der Waals surface area contributed by atoms with E-state index >= 15 is 0 Å². The van der Waals surface area contributed by atoms with Gasteiger partial charge in [0.15, 0.2) is 0 Å². The van der Waals surface area contributed by atoms with Crippen molar-refractivity contribution in [2.45, 2.75) is 26.3 Å². The molecule has 0 aliphatic rings. The summed E-state index contributed by atoms with van der Waals surface area (Å²) in [7, 11) is 4.05. The Bertz CT molecular complexity index is 440. The molecular formula is C15H24ClN3O. The average Bonchev–Trinajstić information content (AvgIpc) is 2.32. The number of carbonyl (C=O) groups excluding carboxylic acids is 1. The second kappa shape index (κ2) is 7.50. The molecule has 0 bridgehead atoms. The van der Waals surface area contributed by atoms with E-state index in [1.54, 1.807) is 18.2 Å². The molecule has 0 heterocycles. The predicted octanol–water partition coefficient (Wildman–Crippen LogP) is 2.63. The van der Waals surface area contributed by atoms with Crippen molar-refractivity contribution in [3.05, 3.63) is 28.8 Å². The van der Waals surface area contributed by atoms with E-state index in [0.29, 0.717) is 34.8 Å². The lowest BCUT2D eigenvalue weighted by Gasteiger charge is -2.26. The molecule has 1 unspecified atom stereocenters. The van der Waals surface area contributed by atoms with Crippen LogP contribution < -0.4 is 11.1 Å². The smallest absolute Gasteiger partial charge is 0.251 e. The molecule has 0 aliphatic carbocycles. The molecule has 1 aromatic carbocycles. The van der Waals surface area contributed by atoms with Gasteiger partial charge < -0.3 is 16.0 Å². The van der Waals surface area contributed by atoms with Crippen LogP contribution in [0.3, 0.4) is 0 Å².